The molecule has 26 heavy (non-hydrogen) atoms. The Morgan fingerprint density at radius 1 is 1.12 bits per heavy atom. The van der Waals surface area contributed by atoms with Crippen molar-refractivity contribution >= 4 is 11.6 Å². The molecule has 0 saturated heterocycles. The standard InChI is InChI=1S/C20H17N3O3/c24-17-12-13-4-1-2-5-15(13)18(17)23-11-3-6-16(20(23)26)19(25)22-14-7-9-21-10-8-14/h1-11,17-18,24H,12H2,(H,21,22,25)/t17-,18+/m0/s1. The minimum Gasteiger partial charge on any atom is -0.390 e. The van der Waals surface area contributed by atoms with Crippen LogP contribution in [-0.2, 0) is 6.42 Å². The van der Waals surface area contributed by atoms with Crippen molar-refractivity contribution in [2.45, 2.75) is 18.6 Å². The van der Waals surface area contributed by atoms with Crippen LogP contribution < -0.4 is 10.9 Å². The number of nitrogens with one attached hydrogen (secondary N) is 1. The van der Waals surface area contributed by atoms with Crippen molar-refractivity contribution < 1.29 is 9.90 Å². The molecule has 3 aromatic rings. The molecule has 6 nitrogen and oxygen atoms in total. The van der Waals surface area contributed by atoms with E-state index in [1.165, 1.54) is 10.6 Å². The second-order valence-corrected chi connectivity index (χ2v) is 6.24. The fraction of sp³-hybridized carbons (Fsp3) is 0.150. The van der Waals surface area contributed by atoms with Gasteiger partial charge in [-0.3, -0.25) is 14.6 Å². The predicted molar refractivity (Wildman–Crippen MR) is 97.2 cm³/mol. The molecule has 0 radical (unpaired) electrons. The van der Waals surface area contributed by atoms with Gasteiger partial charge < -0.3 is 15.0 Å². The number of aliphatic hydroxyl groups is 1. The first-order valence-electron chi connectivity index (χ1n) is 8.33. The summed E-state index contributed by atoms with van der Waals surface area (Å²) in [6.45, 7) is 0. The Morgan fingerprint density at radius 3 is 2.69 bits per heavy atom. The van der Waals surface area contributed by atoms with E-state index >= 15 is 0 Å². The van der Waals surface area contributed by atoms with Gasteiger partial charge in [-0.1, -0.05) is 24.3 Å². The lowest BCUT2D eigenvalue weighted by Crippen LogP contribution is -2.34. The van der Waals surface area contributed by atoms with Crippen LogP contribution >= 0.6 is 0 Å². The van der Waals surface area contributed by atoms with Gasteiger partial charge in [0.2, 0.25) is 0 Å². The van der Waals surface area contributed by atoms with Crippen LogP contribution in [0.1, 0.15) is 27.5 Å². The summed E-state index contributed by atoms with van der Waals surface area (Å²) >= 11 is 0. The van der Waals surface area contributed by atoms with E-state index in [2.05, 4.69) is 10.3 Å². The number of hydrogen-bond donors (Lipinski definition) is 2. The third kappa shape index (κ3) is 2.80. The van der Waals surface area contributed by atoms with E-state index in [4.69, 9.17) is 0 Å². The molecule has 0 spiro atoms. The number of benzene rings is 1. The number of carbonyl (C=O) groups excluding carboxylic acids is 1. The summed E-state index contributed by atoms with van der Waals surface area (Å²) in [5.74, 6) is -0.490. The number of hydrogen-bond acceptors (Lipinski definition) is 4. The molecule has 1 aliphatic rings. The molecular weight excluding hydrogens is 330 g/mol. The van der Waals surface area contributed by atoms with Gasteiger partial charge in [0.25, 0.3) is 11.5 Å². The molecule has 130 valence electrons. The molecule has 2 aromatic heterocycles. The molecule has 0 saturated carbocycles. The van der Waals surface area contributed by atoms with E-state index in [9.17, 15) is 14.7 Å². The lowest BCUT2D eigenvalue weighted by molar-refractivity contribution is 0.102. The van der Waals surface area contributed by atoms with Crippen LogP contribution in [-0.4, -0.2) is 26.7 Å². The highest BCUT2D eigenvalue weighted by molar-refractivity contribution is 6.03. The van der Waals surface area contributed by atoms with Crippen molar-refractivity contribution in [2.24, 2.45) is 0 Å². The molecule has 0 unspecified atom stereocenters. The van der Waals surface area contributed by atoms with Crippen LogP contribution in [0.3, 0.4) is 0 Å². The minimum absolute atomic E-state index is 0.0286. The molecular formula is C20H17N3O3. The van der Waals surface area contributed by atoms with Crippen LogP contribution in [0.5, 0.6) is 0 Å². The van der Waals surface area contributed by atoms with Crippen molar-refractivity contribution in [1.82, 2.24) is 9.55 Å². The first-order valence-corrected chi connectivity index (χ1v) is 8.33. The molecule has 0 aliphatic heterocycles. The maximum atomic E-state index is 12.9. The normalized spacial score (nSPS) is 18.3. The second-order valence-electron chi connectivity index (χ2n) is 6.24. The number of fused-ring (bicyclic) bond motifs is 1. The SMILES string of the molecule is O=C(Nc1ccncc1)c1cccn([C@@H]2c3ccccc3C[C@@H]2O)c1=O. The van der Waals surface area contributed by atoms with Gasteiger partial charge in [-0.05, 0) is 35.4 Å². The van der Waals surface area contributed by atoms with E-state index in [1.807, 2.05) is 24.3 Å². The molecule has 2 heterocycles. The zero-order valence-electron chi connectivity index (χ0n) is 13.9. The third-order valence-electron chi connectivity index (χ3n) is 4.62. The lowest BCUT2D eigenvalue weighted by atomic mass is 10.1. The zero-order valence-corrected chi connectivity index (χ0v) is 13.9. The minimum atomic E-state index is -0.705. The molecule has 2 atom stereocenters. The summed E-state index contributed by atoms with van der Waals surface area (Å²) in [4.78, 5) is 29.3. The number of amides is 1. The van der Waals surface area contributed by atoms with E-state index in [-0.39, 0.29) is 5.56 Å². The molecule has 1 aliphatic carbocycles. The number of aromatic nitrogens is 2. The molecule has 0 fully saturated rings. The highest BCUT2D eigenvalue weighted by atomic mass is 16.3. The smallest absolute Gasteiger partial charge is 0.264 e. The van der Waals surface area contributed by atoms with Crippen LogP contribution in [0.25, 0.3) is 0 Å². The summed E-state index contributed by atoms with van der Waals surface area (Å²) in [6, 6.07) is 13.6. The number of carbonyl (C=O) groups is 1. The van der Waals surface area contributed by atoms with Gasteiger partial charge in [-0.25, -0.2) is 0 Å². The Kier molecular flexibility index (Phi) is 4.10. The average Bonchev–Trinajstić information content (AvgIpc) is 2.98. The Labute approximate surface area is 149 Å². The monoisotopic (exact) mass is 347 g/mol. The maximum Gasteiger partial charge on any atom is 0.264 e. The summed E-state index contributed by atoms with van der Waals surface area (Å²) < 4.78 is 1.44. The van der Waals surface area contributed by atoms with E-state index in [0.717, 1.165) is 11.1 Å². The van der Waals surface area contributed by atoms with Gasteiger partial charge in [0.15, 0.2) is 0 Å². The molecule has 1 aromatic carbocycles. The van der Waals surface area contributed by atoms with E-state index < -0.39 is 23.6 Å². The van der Waals surface area contributed by atoms with Crippen LogP contribution in [0.15, 0.2) is 71.9 Å². The third-order valence-corrected chi connectivity index (χ3v) is 4.62. The number of nitrogens with zero attached hydrogens (tertiary/aromatic N) is 2. The highest BCUT2D eigenvalue weighted by Gasteiger charge is 2.33. The Balaban J connectivity index is 1.71. The van der Waals surface area contributed by atoms with Crippen LogP contribution in [0.4, 0.5) is 5.69 Å². The summed E-state index contributed by atoms with van der Waals surface area (Å²) in [5.41, 5.74) is 2.09. The van der Waals surface area contributed by atoms with Gasteiger partial charge in [-0.2, -0.15) is 0 Å². The number of aliphatic hydroxyl groups excluding tert-OH is 1. The zero-order chi connectivity index (χ0) is 18.1. The highest BCUT2D eigenvalue weighted by Crippen LogP contribution is 2.33. The largest absolute Gasteiger partial charge is 0.390 e. The topological polar surface area (TPSA) is 84.2 Å². The summed E-state index contributed by atoms with van der Waals surface area (Å²) in [7, 11) is 0. The van der Waals surface area contributed by atoms with Crippen molar-refractivity contribution in [2.75, 3.05) is 5.32 Å². The summed E-state index contributed by atoms with van der Waals surface area (Å²) in [5, 5.41) is 13.2. The molecule has 6 heteroatoms. The van der Waals surface area contributed by atoms with E-state index in [0.29, 0.717) is 12.1 Å². The van der Waals surface area contributed by atoms with Crippen molar-refractivity contribution in [3.8, 4) is 0 Å². The number of anilines is 1. The van der Waals surface area contributed by atoms with Gasteiger partial charge in [-0.15, -0.1) is 0 Å². The summed E-state index contributed by atoms with van der Waals surface area (Å²) in [6.07, 6.45) is 4.51. The number of pyridine rings is 2. The van der Waals surface area contributed by atoms with Crippen molar-refractivity contribution in [3.63, 3.8) is 0 Å². The molecule has 0 bridgehead atoms. The van der Waals surface area contributed by atoms with E-state index in [1.54, 1.807) is 36.8 Å². The Hall–Kier alpha value is -3.25. The fourth-order valence-corrected chi connectivity index (χ4v) is 3.42. The number of rotatable bonds is 3. The van der Waals surface area contributed by atoms with Gasteiger partial charge >= 0.3 is 0 Å². The quantitative estimate of drug-likeness (QED) is 0.759. The maximum absolute atomic E-state index is 12.9. The average molecular weight is 347 g/mol. The Bertz CT molecular complexity index is 1010. The second kappa shape index (κ2) is 6.57. The van der Waals surface area contributed by atoms with Gasteiger partial charge in [0.05, 0.1) is 12.1 Å². The van der Waals surface area contributed by atoms with Crippen molar-refractivity contribution in [1.29, 1.82) is 0 Å². The van der Waals surface area contributed by atoms with Crippen LogP contribution in [0, 0.1) is 0 Å². The fourth-order valence-electron chi connectivity index (χ4n) is 3.42. The van der Waals surface area contributed by atoms with Gasteiger partial charge in [0, 0.05) is 30.7 Å². The first-order chi connectivity index (χ1) is 12.6. The van der Waals surface area contributed by atoms with Gasteiger partial charge in [0.1, 0.15) is 5.56 Å². The van der Waals surface area contributed by atoms with Crippen LogP contribution in [0.2, 0.25) is 0 Å². The molecule has 2 N–H and O–H groups in total. The lowest BCUT2D eigenvalue weighted by Gasteiger charge is -2.20. The molecule has 4 rings (SSSR count). The Morgan fingerprint density at radius 2 is 1.88 bits per heavy atom. The predicted octanol–water partition coefficient (Wildman–Crippen LogP) is 2.00. The molecule has 1 amide bonds. The first kappa shape index (κ1) is 16.2. The van der Waals surface area contributed by atoms with Crippen molar-refractivity contribution in [3.05, 3.63) is 94.2 Å².